The average molecular weight is 200 g/mol. The quantitative estimate of drug-likeness (QED) is 0.652. The van der Waals surface area contributed by atoms with E-state index >= 15 is 0 Å². The van der Waals surface area contributed by atoms with Crippen LogP contribution >= 0.6 is 0 Å². The van der Waals surface area contributed by atoms with Gasteiger partial charge in [-0.15, -0.1) is 0 Å². The molecular formula is C9H16N2O3. The molecule has 0 aromatic rings. The van der Waals surface area contributed by atoms with Crippen molar-refractivity contribution in [3.8, 4) is 0 Å². The zero-order valence-corrected chi connectivity index (χ0v) is 8.32. The molecule has 14 heavy (non-hydrogen) atoms. The molecule has 1 rings (SSSR count). The highest BCUT2D eigenvalue weighted by atomic mass is 16.4. The molecule has 5 heteroatoms. The highest BCUT2D eigenvalue weighted by molar-refractivity contribution is 5.86. The topological polar surface area (TPSA) is 69.6 Å². The third-order valence-electron chi connectivity index (χ3n) is 2.35. The zero-order valence-electron chi connectivity index (χ0n) is 8.32. The maximum absolute atomic E-state index is 11.4. The molecule has 0 aromatic carbocycles. The van der Waals surface area contributed by atoms with Gasteiger partial charge in [0.2, 0.25) is 5.91 Å². The zero-order chi connectivity index (χ0) is 10.6. The smallest absolute Gasteiger partial charge is 0.327 e. The SMILES string of the molecule is CCCCN1C(=O)CNCC1C(=O)O. The van der Waals surface area contributed by atoms with Gasteiger partial charge in [-0.2, -0.15) is 0 Å². The van der Waals surface area contributed by atoms with E-state index in [9.17, 15) is 9.59 Å². The Balaban J connectivity index is 2.61. The third-order valence-corrected chi connectivity index (χ3v) is 2.35. The number of carbonyl (C=O) groups is 2. The highest BCUT2D eigenvalue weighted by Crippen LogP contribution is 2.06. The van der Waals surface area contributed by atoms with Crippen molar-refractivity contribution in [3.63, 3.8) is 0 Å². The fourth-order valence-corrected chi connectivity index (χ4v) is 1.53. The van der Waals surface area contributed by atoms with Gasteiger partial charge in [-0.05, 0) is 6.42 Å². The van der Waals surface area contributed by atoms with Gasteiger partial charge in [-0.3, -0.25) is 4.79 Å². The van der Waals surface area contributed by atoms with E-state index in [1.54, 1.807) is 0 Å². The lowest BCUT2D eigenvalue weighted by Gasteiger charge is -2.33. The second-order valence-corrected chi connectivity index (χ2v) is 3.43. The van der Waals surface area contributed by atoms with Crippen molar-refractivity contribution in [1.82, 2.24) is 10.2 Å². The molecule has 1 aliphatic rings. The van der Waals surface area contributed by atoms with Crippen molar-refractivity contribution in [3.05, 3.63) is 0 Å². The van der Waals surface area contributed by atoms with E-state index in [4.69, 9.17) is 5.11 Å². The minimum Gasteiger partial charge on any atom is -0.480 e. The monoisotopic (exact) mass is 200 g/mol. The fourth-order valence-electron chi connectivity index (χ4n) is 1.53. The number of unbranched alkanes of at least 4 members (excludes halogenated alkanes) is 1. The lowest BCUT2D eigenvalue weighted by molar-refractivity contribution is -0.151. The first kappa shape index (κ1) is 11.0. The van der Waals surface area contributed by atoms with Crippen LogP contribution in [0.2, 0.25) is 0 Å². The summed E-state index contributed by atoms with van der Waals surface area (Å²) in [6.45, 7) is 3.18. The number of piperazine rings is 1. The number of hydrogen-bond acceptors (Lipinski definition) is 3. The van der Waals surface area contributed by atoms with Crippen molar-refractivity contribution in [2.24, 2.45) is 0 Å². The number of carboxylic acid groups (broad SMARTS) is 1. The number of carboxylic acids is 1. The van der Waals surface area contributed by atoms with Crippen LogP contribution in [-0.2, 0) is 9.59 Å². The van der Waals surface area contributed by atoms with Crippen molar-refractivity contribution in [2.45, 2.75) is 25.8 Å². The molecule has 1 atom stereocenters. The summed E-state index contributed by atoms with van der Waals surface area (Å²) in [5, 5.41) is 11.7. The Morgan fingerprint density at radius 1 is 1.71 bits per heavy atom. The Hall–Kier alpha value is -1.10. The van der Waals surface area contributed by atoms with Crippen LogP contribution in [0.15, 0.2) is 0 Å². The lowest BCUT2D eigenvalue weighted by atomic mass is 10.1. The molecule has 0 bridgehead atoms. The molecule has 1 fully saturated rings. The van der Waals surface area contributed by atoms with Gasteiger partial charge in [0.05, 0.1) is 6.54 Å². The molecule has 1 unspecified atom stereocenters. The number of amides is 1. The molecule has 1 heterocycles. The van der Waals surface area contributed by atoms with Crippen LogP contribution in [0.5, 0.6) is 0 Å². The van der Waals surface area contributed by atoms with Gasteiger partial charge in [0.15, 0.2) is 0 Å². The van der Waals surface area contributed by atoms with Crippen molar-refractivity contribution >= 4 is 11.9 Å². The van der Waals surface area contributed by atoms with Crippen LogP contribution in [-0.4, -0.2) is 47.6 Å². The predicted octanol–water partition coefficient (Wildman–Crippen LogP) is -0.328. The Kier molecular flexibility index (Phi) is 3.88. The number of hydrogen-bond donors (Lipinski definition) is 2. The molecular weight excluding hydrogens is 184 g/mol. The first-order chi connectivity index (χ1) is 6.66. The van der Waals surface area contributed by atoms with E-state index < -0.39 is 12.0 Å². The predicted molar refractivity (Wildman–Crippen MR) is 50.9 cm³/mol. The van der Waals surface area contributed by atoms with Crippen molar-refractivity contribution in [1.29, 1.82) is 0 Å². The van der Waals surface area contributed by atoms with Crippen LogP contribution in [0.1, 0.15) is 19.8 Å². The van der Waals surface area contributed by atoms with Crippen LogP contribution < -0.4 is 5.32 Å². The van der Waals surface area contributed by atoms with Gasteiger partial charge < -0.3 is 15.3 Å². The summed E-state index contributed by atoms with van der Waals surface area (Å²) in [5.74, 6) is -1.04. The van der Waals surface area contributed by atoms with Gasteiger partial charge in [0.1, 0.15) is 6.04 Å². The standard InChI is InChI=1S/C9H16N2O3/c1-2-3-4-11-7(9(13)14)5-10-6-8(11)12/h7,10H,2-6H2,1H3,(H,13,14). The van der Waals surface area contributed by atoms with Crippen LogP contribution in [0.25, 0.3) is 0 Å². The lowest BCUT2D eigenvalue weighted by Crippen LogP contribution is -2.58. The summed E-state index contributed by atoms with van der Waals surface area (Å²) < 4.78 is 0. The average Bonchev–Trinajstić information content (AvgIpc) is 2.15. The molecule has 2 N–H and O–H groups in total. The van der Waals surface area contributed by atoms with E-state index in [1.807, 2.05) is 6.92 Å². The molecule has 80 valence electrons. The van der Waals surface area contributed by atoms with Crippen molar-refractivity contribution in [2.75, 3.05) is 19.6 Å². The van der Waals surface area contributed by atoms with E-state index in [2.05, 4.69) is 5.32 Å². The largest absolute Gasteiger partial charge is 0.480 e. The summed E-state index contributed by atoms with van der Waals surface area (Å²) >= 11 is 0. The molecule has 1 aliphatic heterocycles. The van der Waals surface area contributed by atoms with Crippen LogP contribution in [0, 0.1) is 0 Å². The number of nitrogens with one attached hydrogen (secondary N) is 1. The highest BCUT2D eigenvalue weighted by Gasteiger charge is 2.32. The van der Waals surface area contributed by atoms with Crippen molar-refractivity contribution < 1.29 is 14.7 Å². The number of rotatable bonds is 4. The number of carbonyl (C=O) groups excluding carboxylic acids is 1. The van der Waals surface area contributed by atoms with E-state index in [1.165, 1.54) is 4.90 Å². The fraction of sp³-hybridized carbons (Fsp3) is 0.778. The van der Waals surface area contributed by atoms with E-state index in [0.29, 0.717) is 13.1 Å². The maximum atomic E-state index is 11.4. The van der Waals surface area contributed by atoms with Crippen LogP contribution in [0.4, 0.5) is 0 Å². The van der Waals surface area contributed by atoms with Gasteiger partial charge >= 0.3 is 5.97 Å². The Morgan fingerprint density at radius 3 is 3.00 bits per heavy atom. The third kappa shape index (κ3) is 2.45. The first-order valence-corrected chi connectivity index (χ1v) is 4.89. The van der Waals surface area contributed by atoms with Gasteiger partial charge in [0, 0.05) is 13.1 Å². The minimum atomic E-state index is -0.929. The molecule has 1 amide bonds. The van der Waals surface area contributed by atoms with Gasteiger partial charge in [-0.1, -0.05) is 13.3 Å². The summed E-state index contributed by atoms with van der Waals surface area (Å²) in [7, 11) is 0. The molecule has 0 radical (unpaired) electrons. The second-order valence-electron chi connectivity index (χ2n) is 3.43. The molecule has 1 saturated heterocycles. The van der Waals surface area contributed by atoms with Crippen LogP contribution in [0.3, 0.4) is 0 Å². The Bertz CT molecular complexity index is 230. The molecule has 0 aromatic heterocycles. The maximum Gasteiger partial charge on any atom is 0.327 e. The van der Waals surface area contributed by atoms with E-state index in [-0.39, 0.29) is 12.5 Å². The molecule has 0 saturated carbocycles. The molecule has 0 spiro atoms. The number of aliphatic carboxylic acids is 1. The summed E-state index contributed by atoms with van der Waals surface area (Å²) in [5.41, 5.74) is 0. The summed E-state index contributed by atoms with van der Waals surface area (Å²) in [4.78, 5) is 23.7. The van der Waals surface area contributed by atoms with E-state index in [0.717, 1.165) is 12.8 Å². The summed E-state index contributed by atoms with van der Waals surface area (Å²) in [6.07, 6.45) is 1.82. The molecule has 0 aliphatic carbocycles. The normalized spacial score (nSPS) is 22.5. The molecule has 5 nitrogen and oxygen atoms in total. The van der Waals surface area contributed by atoms with Gasteiger partial charge in [-0.25, -0.2) is 4.79 Å². The first-order valence-electron chi connectivity index (χ1n) is 4.89. The second kappa shape index (κ2) is 4.95. The van der Waals surface area contributed by atoms with Gasteiger partial charge in [0.25, 0.3) is 0 Å². The summed E-state index contributed by atoms with van der Waals surface area (Å²) in [6, 6.07) is -0.692. The minimum absolute atomic E-state index is 0.114. The Labute approximate surface area is 83.1 Å². The Morgan fingerprint density at radius 2 is 2.43 bits per heavy atom. The number of nitrogens with zero attached hydrogens (tertiary/aromatic N) is 1.